The highest BCUT2D eigenvalue weighted by atomic mass is 16.6. The molecule has 2 rings (SSSR count). The average Bonchev–Trinajstić information content (AvgIpc) is 2.69. The van der Waals surface area contributed by atoms with E-state index < -0.39 is 23.3 Å². The van der Waals surface area contributed by atoms with Crippen LogP contribution in [-0.2, 0) is 27.1 Å². The minimum Gasteiger partial charge on any atom is -0.493 e. The molecule has 0 fully saturated rings. The first-order chi connectivity index (χ1) is 15.0. The van der Waals surface area contributed by atoms with Gasteiger partial charge in [0.25, 0.3) is 0 Å². The van der Waals surface area contributed by atoms with Crippen LogP contribution in [-0.4, -0.2) is 41.6 Å². The monoisotopic (exact) mass is 443 g/mol. The number of ether oxygens (including phenoxy) is 3. The van der Waals surface area contributed by atoms with Crippen LogP contribution in [0.15, 0.2) is 48.5 Å². The zero-order valence-corrected chi connectivity index (χ0v) is 19.4. The molecule has 0 aliphatic carbocycles. The number of carbonyl (C=O) groups excluding carboxylic acids is 1. The molecule has 0 spiro atoms. The van der Waals surface area contributed by atoms with Crippen molar-refractivity contribution in [3.63, 3.8) is 0 Å². The molecule has 1 unspecified atom stereocenters. The number of carboxylic acids is 1. The lowest BCUT2D eigenvalue weighted by Crippen LogP contribution is -2.40. The second-order valence-corrected chi connectivity index (χ2v) is 8.71. The van der Waals surface area contributed by atoms with Crippen LogP contribution in [0.25, 0.3) is 0 Å². The summed E-state index contributed by atoms with van der Waals surface area (Å²) in [5, 5.41) is 12.1. The summed E-state index contributed by atoms with van der Waals surface area (Å²) < 4.78 is 16.5. The van der Waals surface area contributed by atoms with Gasteiger partial charge in [-0.25, -0.2) is 9.59 Å². The minimum atomic E-state index is -1.25. The summed E-state index contributed by atoms with van der Waals surface area (Å²) >= 11 is 0. The third kappa shape index (κ3) is 8.23. The number of hydrogen-bond acceptors (Lipinski definition) is 5. The van der Waals surface area contributed by atoms with Gasteiger partial charge >= 0.3 is 12.1 Å². The lowest BCUT2D eigenvalue weighted by atomic mass is 9.96. The Labute approximate surface area is 189 Å². The van der Waals surface area contributed by atoms with Crippen LogP contribution in [0.5, 0.6) is 5.75 Å². The summed E-state index contributed by atoms with van der Waals surface area (Å²) in [7, 11) is 0. The molecule has 0 saturated carbocycles. The number of benzene rings is 2. The molecular weight excluding hydrogens is 410 g/mol. The number of aliphatic carboxylic acids is 1. The first-order valence-electron chi connectivity index (χ1n) is 10.7. The Bertz CT molecular complexity index is 886. The standard InChI is InChI=1S/C25H33NO6/c1-6-31-25(5,22(27)28)17-19-9-13-21(14-10-19)30-16-15-18-7-11-20(12-8-18)26-23(29)32-24(2,3)4/h7-14H,6,15-17H2,1-5H3,(H,26,29)(H,27,28). The quantitative estimate of drug-likeness (QED) is 0.532. The number of hydrogen-bond donors (Lipinski definition) is 2. The van der Waals surface area contributed by atoms with Crippen LogP contribution in [0.1, 0.15) is 45.7 Å². The third-order valence-electron chi connectivity index (χ3n) is 4.64. The molecule has 0 aliphatic rings. The van der Waals surface area contributed by atoms with E-state index in [9.17, 15) is 14.7 Å². The molecule has 0 aliphatic heterocycles. The predicted molar refractivity (Wildman–Crippen MR) is 123 cm³/mol. The predicted octanol–water partition coefficient (Wildman–Crippen LogP) is 5.08. The average molecular weight is 444 g/mol. The Morgan fingerprint density at radius 3 is 2.06 bits per heavy atom. The fourth-order valence-electron chi connectivity index (χ4n) is 3.06. The Kier molecular flexibility index (Phi) is 8.66. The van der Waals surface area contributed by atoms with E-state index in [0.29, 0.717) is 31.1 Å². The van der Waals surface area contributed by atoms with Crippen molar-refractivity contribution < 1.29 is 28.9 Å². The number of carboxylic acid groups (broad SMARTS) is 1. The Hall–Kier alpha value is -3.06. The van der Waals surface area contributed by atoms with Crippen molar-refractivity contribution in [2.75, 3.05) is 18.5 Å². The number of rotatable bonds is 10. The van der Waals surface area contributed by atoms with Crippen LogP contribution in [0.2, 0.25) is 0 Å². The topological polar surface area (TPSA) is 94.1 Å². The van der Waals surface area contributed by atoms with E-state index in [1.54, 1.807) is 13.8 Å². The van der Waals surface area contributed by atoms with Crippen molar-refractivity contribution in [3.8, 4) is 5.75 Å². The van der Waals surface area contributed by atoms with Gasteiger partial charge in [-0.15, -0.1) is 0 Å². The van der Waals surface area contributed by atoms with E-state index in [0.717, 1.165) is 11.1 Å². The fourth-order valence-corrected chi connectivity index (χ4v) is 3.06. The van der Waals surface area contributed by atoms with Crippen molar-refractivity contribution in [1.29, 1.82) is 0 Å². The summed E-state index contributed by atoms with van der Waals surface area (Å²) in [5.74, 6) is -0.266. The summed E-state index contributed by atoms with van der Waals surface area (Å²) in [6.07, 6.45) is 0.498. The second-order valence-electron chi connectivity index (χ2n) is 8.71. The summed E-state index contributed by atoms with van der Waals surface area (Å²) in [6.45, 7) is 9.64. The van der Waals surface area contributed by atoms with Gasteiger partial charge in [-0.3, -0.25) is 5.32 Å². The first-order valence-corrected chi connectivity index (χ1v) is 10.7. The number of amides is 1. The molecule has 0 radical (unpaired) electrons. The largest absolute Gasteiger partial charge is 0.493 e. The molecule has 2 aromatic rings. The van der Waals surface area contributed by atoms with E-state index in [2.05, 4.69) is 5.32 Å². The molecule has 0 aromatic heterocycles. The zero-order chi connectivity index (χ0) is 23.8. The normalized spacial score (nSPS) is 13.2. The Morgan fingerprint density at radius 1 is 0.938 bits per heavy atom. The van der Waals surface area contributed by atoms with Gasteiger partial charge in [0.15, 0.2) is 5.60 Å². The Balaban J connectivity index is 1.82. The molecule has 7 nitrogen and oxygen atoms in total. The van der Waals surface area contributed by atoms with Crippen molar-refractivity contribution in [2.24, 2.45) is 0 Å². The molecule has 32 heavy (non-hydrogen) atoms. The smallest absolute Gasteiger partial charge is 0.412 e. The first kappa shape index (κ1) is 25.2. The maximum Gasteiger partial charge on any atom is 0.412 e. The van der Waals surface area contributed by atoms with Gasteiger partial charge in [0.2, 0.25) is 0 Å². The lowest BCUT2D eigenvalue weighted by Gasteiger charge is -2.24. The van der Waals surface area contributed by atoms with Crippen molar-refractivity contribution in [1.82, 2.24) is 0 Å². The fraction of sp³-hybridized carbons (Fsp3) is 0.440. The van der Waals surface area contributed by atoms with Crippen LogP contribution in [0.4, 0.5) is 10.5 Å². The molecular formula is C25H33NO6. The summed E-state index contributed by atoms with van der Waals surface area (Å²) in [5.41, 5.74) is 0.814. The minimum absolute atomic E-state index is 0.278. The van der Waals surface area contributed by atoms with Crippen LogP contribution < -0.4 is 10.1 Å². The van der Waals surface area contributed by atoms with Crippen molar-refractivity contribution in [2.45, 2.75) is 58.7 Å². The van der Waals surface area contributed by atoms with E-state index in [-0.39, 0.29) is 6.42 Å². The van der Waals surface area contributed by atoms with Gasteiger partial charge in [-0.05, 0) is 70.0 Å². The number of nitrogens with one attached hydrogen (secondary N) is 1. The highest BCUT2D eigenvalue weighted by molar-refractivity contribution is 5.84. The molecule has 2 N–H and O–H groups in total. The van der Waals surface area contributed by atoms with E-state index >= 15 is 0 Å². The number of anilines is 1. The molecule has 1 amide bonds. The zero-order valence-electron chi connectivity index (χ0n) is 19.4. The van der Waals surface area contributed by atoms with Gasteiger partial charge in [0, 0.05) is 25.1 Å². The SMILES string of the molecule is CCOC(C)(Cc1ccc(OCCc2ccc(NC(=O)OC(C)(C)C)cc2)cc1)C(=O)O. The molecule has 0 saturated heterocycles. The molecule has 1 atom stereocenters. The lowest BCUT2D eigenvalue weighted by molar-refractivity contribution is -0.162. The second kappa shape index (κ2) is 11.0. The van der Waals surface area contributed by atoms with Gasteiger partial charge in [-0.2, -0.15) is 0 Å². The van der Waals surface area contributed by atoms with Gasteiger partial charge < -0.3 is 19.3 Å². The van der Waals surface area contributed by atoms with Gasteiger partial charge in [-0.1, -0.05) is 24.3 Å². The molecule has 2 aromatic carbocycles. The summed E-state index contributed by atoms with van der Waals surface area (Å²) in [6, 6.07) is 14.9. The van der Waals surface area contributed by atoms with Crippen LogP contribution >= 0.6 is 0 Å². The highest BCUT2D eigenvalue weighted by Gasteiger charge is 2.33. The van der Waals surface area contributed by atoms with Crippen molar-refractivity contribution >= 4 is 17.7 Å². The maximum atomic E-state index is 11.8. The molecule has 0 bridgehead atoms. The highest BCUT2D eigenvalue weighted by Crippen LogP contribution is 2.21. The Morgan fingerprint density at radius 2 is 1.53 bits per heavy atom. The molecule has 7 heteroatoms. The van der Waals surface area contributed by atoms with Gasteiger partial charge in [0.1, 0.15) is 11.4 Å². The van der Waals surface area contributed by atoms with E-state index in [1.165, 1.54) is 0 Å². The van der Waals surface area contributed by atoms with Crippen LogP contribution in [0, 0.1) is 0 Å². The van der Waals surface area contributed by atoms with Crippen LogP contribution in [0.3, 0.4) is 0 Å². The van der Waals surface area contributed by atoms with Crippen molar-refractivity contribution in [3.05, 3.63) is 59.7 Å². The number of carbonyl (C=O) groups is 2. The maximum absolute atomic E-state index is 11.8. The molecule has 174 valence electrons. The summed E-state index contributed by atoms with van der Waals surface area (Å²) in [4.78, 5) is 23.3. The van der Waals surface area contributed by atoms with E-state index in [4.69, 9.17) is 14.2 Å². The van der Waals surface area contributed by atoms with E-state index in [1.807, 2.05) is 69.3 Å². The third-order valence-corrected chi connectivity index (χ3v) is 4.64. The molecule has 0 heterocycles. The van der Waals surface area contributed by atoms with Gasteiger partial charge in [0.05, 0.1) is 6.61 Å².